The second kappa shape index (κ2) is 8.37. The van der Waals surface area contributed by atoms with E-state index in [4.69, 9.17) is 5.14 Å². The maximum atomic E-state index is 14.9. The van der Waals surface area contributed by atoms with E-state index in [1.807, 2.05) is 49.4 Å². The average Bonchev–Trinajstić information content (AvgIpc) is 3.09. The van der Waals surface area contributed by atoms with Gasteiger partial charge in [0.1, 0.15) is 17.3 Å². The van der Waals surface area contributed by atoms with Gasteiger partial charge in [0.05, 0.1) is 11.3 Å². The lowest BCUT2D eigenvalue weighted by molar-refractivity contribution is 0.587. The molecule has 0 saturated carbocycles. The van der Waals surface area contributed by atoms with Gasteiger partial charge in [0.15, 0.2) is 5.82 Å². The van der Waals surface area contributed by atoms with Gasteiger partial charge in [-0.3, -0.25) is 4.98 Å². The molecule has 0 fully saturated rings. The first-order valence-electron chi connectivity index (χ1n) is 9.52. The van der Waals surface area contributed by atoms with E-state index < -0.39 is 15.8 Å². The lowest BCUT2D eigenvalue weighted by atomic mass is 10.1. The number of pyridine rings is 1. The van der Waals surface area contributed by atoms with E-state index in [9.17, 15) is 12.8 Å². The highest BCUT2D eigenvalue weighted by Gasteiger charge is 2.18. The summed E-state index contributed by atoms with van der Waals surface area (Å²) in [4.78, 5) is 8.61. The number of rotatable bonds is 6. The van der Waals surface area contributed by atoms with Crippen molar-refractivity contribution in [2.75, 3.05) is 0 Å². The van der Waals surface area contributed by atoms with E-state index in [1.54, 1.807) is 6.20 Å². The number of hydrogen-bond acceptors (Lipinski definition) is 5. The maximum absolute atomic E-state index is 14.9. The van der Waals surface area contributed by atoms with Crippen molar-refractivity contribution in [2.24, 2.45) is 5.14 Å². The van der Waals surface area contributed by atoms with Crippen molar-refractivity contribution in [2.45, 2.75) is 24.7 Å². The second-order valence-corrected chi connectivity index (χ2v) is 8.74. The van der Waals surface area contributed by atoms with E-state index in [-0.39, 0.29) is 10.6 Å². The molecule has 158 valence electrons. The van der Waals surface area contributed by atoms with E-state index in [0.717, 1.165) is 22.9 Å². The smallest absolute Gasteiger partial charge is 0.238 e. The monoisotopic (exact) mass is 437 g/mol. The number of sulfonamides is 1. The molecule has 2 aromatic carbocycles. The molecule has 0 atom stereocenters. The summed E-state index contributed by atoms with van der Waals surface area (Å²) in [5.41, 5.74) is 2.97. The lowest BCUT2D eigenvalue weighted by Gasteiger charge is -2.09. The average molecular weight is 438 g/mol. The molecule has 0 aliphatic rings. The van der Waals surface area contributed by atoms with Crippen LogP contribution >= 0.6 is 0 Å². The second-order valence-electron chi connectivity index (χ2n) is 7.18. The third-order valence-corrected chi connectivity index (χ3v) is 5.62. The normalized spacial score (nSPS) is 11.6. The van der Waals surface area contributed by atoms with Crippen molar-refractivity contribution in [3.63, 3.8) is 0 Å². The molecule has 7 nitrogen and oxygen atoms in total. The molecule has 2 aromatic heterocycles. The number of nitrogens with zero attached hydrogens (tertiary/aromatic N) is 4. The van der Waals surface area contributed by atoms with Gasteiger partial charge < -0.3 is 0 Å². The van der Waals surface area contributed by atoms with Gasteiger partial charge in [-0.2, -0.15) is 5.10 Å². The summed E-state index contributed by atoms with van der Waals surface area (Å²) >= 11 is 0. The van der Waals surface area contributed by atoms with Crippen molar-refractivity contribution in [3.8, 4) is 5.69 Å². The highest BCUT2D eigenvalue weighted by Crippen LogP contribution is 2.21. The summed E-state index contributed by atoms with van der Waals surface area (Å²) in [6.07, 6.45) is 2.49. The van der Waals surface area contributed by atoms with Crippen LogP contribution in [0.1, 0.15) is 28.5 Å². The largest absolute Gasteiger partial charge is 0.261 e. The van der Waals surface area contributed by atoms with Gasteiger partial charge in [-0.15, -0.1) is 0 Å². The summed E-state index contributed by atoms with van der Waals surface area (Å²) in [6.45, 7) is 1.99. The topological polar surface area (TPSA) is 104 Å². The fraction of sp³-hybridized carbons (Fsp3) is 0.136. The molecule has 31 heavy (non-hydrogen) atoms. The minimum atomic E-state index is -4.02. The third kappa shape index (κ3) is 4.84. The predicted octanol–water partition coefficient (Wildman–Crippen LogP) is 2.94. The Morgan fingerprint density at radius 1 is 1.03 bits per heavy atom. The van der Waals surface area contributed by atoms with Crippen LogP contribution in [0.4, 0.5) is 4.39 Å². The summed E-state index contributed by atoms with van der Waals surface area (Å²) in [6, 6.07) is 17.0. The van der Waals surface area contributed by atoms with Crippen LogP contribution in [0.5, 0.6) is 0 Å². The summed E-state index contributed by atoms with van der Waals surface area (Å²) in [5.74, 6) is 0.251. The van der Waals surface area contributed by atoms with Gasteiger partial charge in [-0.1, -0.05) is 35.9 Å². The fourth-order valence-electron chi connectivity index (χ4n) is 3.28. The zero-order chi connectivity index (χ0) is 22.0. The van der Waals surface area contributed by atoms with E-state index >= 15 is 0 Å². The molecule has 9 heteroatoms. The Kier molecular flexibility index (Phi) is 5.62. The number of benzene rings is 2. The fourth-order valence-corrected chi connectivity index (χ4v) is 3.81. The van der Waals surface area contributed by atoms with Crippen LogP contribution in [-0.2, 0) is 22.9 Å². The molecule has 0 spiro atoms. The molecule has 2 heterocycles. The number of aryl methyl sites for hydroxylation is 1. The van der Waals surface area contributed by atoms with Crippen LogP contribution in [0, 0.1) is 12.7 Å². The number of hydrogen-bond donors (Lipinski definition) is 1. The quantitative estimate of drug-likeness (QED) is 0.499. The lowest BCUT2D eigenvalue weighted by Crippen LogP contribution is -2.13. The summed E-state index contributed by atoms with van der Waals surface area (Å²) in [5, 5.41) is 9.61. The van der Waals surface area contributed by atoms with Gasteiger partial charge in [-0.05, 0) is 42.8 Å². The number of aromatic nitrogens is 4. The summed E-state index contributed by atoms with van der Waals surface area (Å²) < 4.78 is 39.4. The van der Waals surface area contributed by atoms with Crippen molar-refractivity contribution in [1.82, 2.24) is 19.7 Å². The first-order chi connectivity index (χ1) is 14.8. The standard InChI is InChI=1S/C22H20FN5O2S/c1-15-5-4-6-16(11-15)12-22-26-21(13-17-7-2-3-10-25-17)27-28(22)20-9-8-18(14-19(20)23)31(24,29)30/h2-11,14H,12-13H2,1H3,(H2,24,29,30). The molecule has 0 radical (unpaired) electrons. The zero-order valence-electron chi connectivity index (χ0n) is 16.7. The number of halogens is 1. The molecular formula is C22H20FN5O2S. The Morgan fingerprint density at radius 3 is 2.55 bits per heavy atom. The van der Waals surface area contributed by atoms with Crippen LogP contribution in [0.15, 0.2) is 71.8 Å². The van der Waals surface area contributed by atoms with Crippen molar-refractivity contribution < 1.29 is 12.8 Å². The minimum Gasteiger partial charge on any atom is -0.261 e. The van der Waals surface area contributed by atoms with Crippen LogP contribution in [0.25, 0.3) is 5.69 Å². The van der Waals surface area contributed by atoms with Crippen molar-refractivity contribution in [1.29, 1.82) is 0 Å². The van der Waals surface area contributed by atoms with Gasteiger partial charge in [0, 0.05) is 18.3 Å². The van der Waals surface area contributed by atoms with E-state index in [1.165, 1.54) is 16.8 Å². The van der Waals surface area contributed by atoms with Crippen molar-refractivity contribution >= 4 is 10.0 Å². The van der Waals surface area contributed by atoms with Crippen LogP contribution < -0.4 is 5.14 Å². The number of primary sulfonamides is 1. The van der Waals surface area contributed by atoms with Crippen LogP contribution in [0.2, 0.25) is 0 Å². The molecule has 0 saturated heterocycles. The zero-order valence-corrected chi connectivity index (χ0v) is 17.6. The summed E-state index contributed by atoms with van der Waals surface area (Å²) in [7, 11) is -4.02. The van der Waals surface area contributed by atoms with Gasteiger partial charge in [0.25, 0.3) is 0 Å². The van der Waals surface area contributed by atoms with Gasteiger partial charge >= 0.3 is 0 Å². The maximum Gasteiger partial charge on any atom is 0.238 e. The molecule has 4 rings (SSSR count). The molecule has 4 aromatic rings. The highest BCUT2D eigenvalue weighted by molar-refractivity contribution is 7.89. The van der Waals surface area contributed by atoms with Crippen LogP contribution in [0.3, 0.4) is 0 Å². The third-order valence-electron chi connectivity index (χ3n) is 4.70. The Bertz CT molecular complexity index is 1340. The van der Waals surface area contributed by atoms with Crippen LogP contribution in [-0.4, -0.2) is 28.2 Å². The first kappa shape index (κ1) is 20.8. The first-order valence-corrected chi connectivity index (χ1v) is 11.1. The predicted molar refractivity (Wildman–Crippen MR) is 114 cm³/mol. The van der Waals surface area contributed by atoms with Gasteiger partial charge in [-0.25, -0.2) is 27.6 Å². The molecule has 0 bridgehead atoms. The molecule has 2 N–H and O–H groups in total. The molecule has 0 aliphatic carbocycles. The van der Waals surface area contributed by atoms with Crippen molar-refractivity contribution in [3.05, 3.63) is 101 Å². The molecule has 0 unspecified atom stereocenters. The molecule has 0 amide bonds. The Hall–Kier alpha value is -3.43. The number of nitrogens with two attached hydrogens (primary N) is 1. The SMILES string of the molecule is Cc1cccc(Cc2nc(Cc3ccccn3)nn2-c2ccc(S(N)(=O)=O)cc2F)c1. The Morgan fingerprint density at radius 2 is 1.87 bits per heavy atom. The van der Waals surface area contributed by atoms with E-state index in [2.05, 4.69) is 15.1 Å². The van der Waals surface area contributed by atoms with Gasteiger partial charge in [0.2, 0.25) is 10.0 Å². The van der Waals surface area contributed by atoms with E-state index in [0.29, 0.717) is 24.5 Å². The Balaban J connectivity index is 1.77. The molecular weight excluding hydrogens is 417 g/mol. The molecule has 0 aliphatic heterocycles. The minimum absolute atomic E-state index is 0.0924. The Labute approximate surface area is 179 Å². The highest BCUT2D eigenvalue weighted by atomic mass is 32.2.